The molecule has 0 fully saturated rings. The zero-order chi connectivity index (χ0) is 15.3. The molecule has 0 unspecified atom stereocenters. The van der Waals surface area contributed by atoms with Crippen molar-refractivity contribution in [1.29, 1.82) is 0 Å². The monoisotopic (exact) mass is 302 g/mol. The number of hydrogen-bond acceptors (Lipinski definition) is 5. The molecule has 0 aliphatic rings. The fraction of sp³-hybridized carbons (Fsp3) is 0.500. The molecule has 8 heteroatoms. The van der Waals surface area contributed by atoms with Crippen molar-refractivity contribution >= 4 is 16.0 Å². The first kappa shape index (κ1) is 16.4. The number of pyridine rings is 1. The van der Waals surface area contributed by atoms with Gasteiger partial charge < -0.3 is 9.84 Å². The van der Waals surface area contributed by atoms with Gasteiger partial charge in [0, 0.05) is 6.07 Å². The van der Waals surface area contributed by atoms with Crippen LogP contribution in [0.2, 0.25) is 0 Å². The summed E-state index contributed by atoms with van der Waals surface area (Å²) in [6.07, 6.45) is 1.33. The summed E-state index contributed by atoms with van der Waals surface area (Å²) in [6, 6.07) is 1.54. The Bertz CT molecular complexity index is 554. The van der Waals surface area contributed by atoms with Crippen molar-refractivity contribution in [2.45, 2.75) is 31.2 Å². The second kappa shape index (κ2) is 6.67. The molecule has 0 radical (unpaired) electrons. The summed E-state index contributed by atoms with van der Waals surface area (Å²) in [6.45, 7) is 3.64. The van der Waals surface area contributed by atoms with E-state index in [2.05, 4.69) is 9.71 Å². The van der Waals surface area contributed by atoms with Crippen LogP contribution in [-0.4, -0.2) is 37.6 Å². The molecule has 0 aliphatic carbocycles. The third-order valence-electron chi connectivity index (χ3n) is 2.53. The van der Waals surface area contributed by atoms with E-state index < -0.39 is 22.0 Å². The molecule has 1 atom stereocenters. The van der Waals surface area contributed by atoms with E-state index in [9.17, 15) is 13.2 Å². The summed E-state index contributed by atoms with van der Waals surface area (Å²) in [5.41, 5.74) is 0. The number of nitrogens with zero attached hydrogens (tertiary/aromatic N) is 1. The Labute approximate surface area is 118 Å². The molecule has 0 bridgehead atoms. The van der Waals surface area contributed by atoms with Gasteiger partial charge in [0.15, 0.2) is 0 Å². The number of nitrogens with one attached hydrogen (secondary N) is 1. The predicted molar refractivity (Wildman–Crippen MR) is 72.0 cm³/mol. The van der Waals surface area contributed by atoms with Gasteiger partial charge in [-0.1, -0.05) is 13.8 Å². The maximum Gasteiger partial charge on any atom is 0.321 e. The van der Waals surface area contributed by atoms with E-state index in [1.54, 1.807) is 0 Å². The maximum absolute atomic E-state index is 12.1. The predicted octanol–water partition coefficient (Wildman–Crippen LogP) is 0.868. The molecule has 0 aromatic carbocycles. The van der Waals surface area contributed by atoms with Gasteiger partial charge in [0.2, 0.25) is 15.9 Å². The molecule has 0 saturated heterocycles. The Balaban J connectivity index is 2.93. The van der Waals surface area contributed by atoms with Crippen LogP contribution >= 0.6 is 0 Å². The van der Waals surface area contributed by atoms with E-state index in [1.807, 2.05) is 13.8 Å². The number of rotatable bonds is 7. The molecular formula is C12H18N2O5S. The third kappa shape index (κ3) is 4.46. The van der Waals surface area contributed by atoms with Crippen LogP contribution in [-0.2, 0) is 14.8 Å². The van der Waals surface area contributed by atoms with Crippen molar-refractivity contribution in [2.75, 3.05) is 7.11 Å². The van der Waals surface area contributed by atoms with Crippen LogP contribution in [0.15, 0.2) is 23.2 Å². The molecule has 20 heavy (non-hydrogen) atoms. The Morgan fingerprint density at radius 1 is 1.45 bits per heavy atom. The van der Waals surface area contributed by atoms with Gasteiger partial charge in [-0.2, -0.15) is 4.72 Å². The molecule has 112 valence electrons. The van der Waals surface area contributed by atoms with Gasteiger partial charge in [-0.05, 0) is 18.4 Å². The summed E-state index contributed by atoms with van der Waals surface area (Å²) < 4.78 is 31.1. The number of aliphatic carboxylic acids is 1. The number of methoxy groups -OCH3 is 1. The van der Waals surface area contributed by atoms with E-state index in [1.165, 1.54) is 19.2 Å². The summed E-state index contributed by atoms with van der Waals surface area (Å²) in [4.78, 5) is 14.8. The zero-order valence-corrected chi connectivity index (χ0v) is 12.3. The largest absolute Gasteiger partial charge is 0.481 e. The highest BCUT2D eigenvalue weighted by Crippen LogP contribution is 2.14. The molecule has 1 heterocycles. The van der Waals surface area contributed by atoms with Crippen LogP contribution in [0, 0.1) is 5.92 Å². The molecule has 0 saturated carbocycles. The smallest absolute Gasteiger partial charge is 0.321 e. The summed E-state index contributed by atoms with van der Waals surface area (Å²) >= 11 is 0. The second-order valence-electron chi connectivity index (χ2n) is 4.68. The number of aromatic nitrogens is 1. The van der Waals surface area contributed by atoms with E-state index in [0.717, 1.165) is 6.20 Å². The van der Waals surface area contributed by atoms with Gasteiger partial charge in [0.25, 0.3) is 0 Å². The fourth-order valence-corrected chi connectivity index (χ4v) is 2.72. The highest BCUT2D eigenvalue weighted by atomic mass is 32.2. The number of carboxylic acids is 1. The van der Waals surface area contributed by atoms with Crippen LogP contribution in [0.5, 0.6) is 5.88 Å². The summed E-state index contributed by atoms with van der Waals surface area (Å²) in [7, 11) is -2.51. The standard InChI is InChI=1S/C12H18N2O5S/c1-8(2)6-10(12(15)16)14-20(17,18)9-4-5-11(19-3)13-7-9/h4-5,7-8,10,14H,6H2,1-3H3,(H,15,16)/t10-/m0/s1. The first-order chi connectivity index (χ1) is 9.26. The lowest BCUT2D eigenvalue weighted by molar-refractivity contribution is -0.139. The van der Waals surface area contributed by atoms with Crippen LogP contribution in [0.1, 0.15) is 20.3 Å². The van der Waals surface area contributed by atoms with Gasteiger partial charge in [-0.25, -0.2) is 13.4 Å². The van der Waals surface area contributed by atoms with E-state index in [-0.39, 0.29) is 23.1 Å². The van der Waals surface area contributed by atoms with Crippen molar-refractivity contribution < 1.29 is 23.1 Å². The van der Waals surface area contributed by atoms with Crippen molar-refractivity contribution in [2.24, 2.45) is 5.92 Å². The molecule has 1 aromatic heterocycles. The summed E-state index contributed by atoms with van der Waals surface area (Å²) in [5, 5.41) is 9.05. The summed E-state index contributed by atoms with van der Waals surface area (Å²) in [5.74, 6) is -0.877. The highest BCUT2D eigenvalue weighted by Gasteiger charge is 2.26. The first-order valence-corrected chi connectivity index (χ1v) is 7.49. The van der Waals surface area contributed by atoms with Crippen LogP contribution in [0.4, 0.5) is 0 Å². The number of carboxylic acid groups (broad SMARTS) is 1. The van der Waals surface area contributed by atoms with E-state index in [0.29, 0.717) is 0 Å². The molecule has 1 rings (SSSR count). The lowest BCUT2D eigenvalue weighted by Gasteiger charge is -2.16. The Morgan fingerprint density at radius 2 is 2.10 bits per heavy atom. The maximum atomic E-state index is 12.1. The Kier molecular flexibility index (Phi) is 5.46. The van der Waals surface area contributed by atoms with Crippen molar-refractivity contribution in [3.05, 3.63) is 18.3 Å². The minimum atomic E-state index is -3.92. The van der Waals surface area contributed by atoms with Gasteiger partial charge >= 0.3 is 5.97 Å². The van der Waals surface area contributed by atoms with Gasteiger partial charge in [0.05, 0.1) is 13.3 Å². The van der Waals surface area contributed by atoms with Crippen LogP contribution in [0.3, 0.4) is 0 Å². The SMILES string of the molecule is COc1ccc(S(=O)(=O)N[C@@H](CC(C)C)C(=O)O)cn1. The fourth-order valence-electron chi connectivity index (χ4n) is 1.57. The lowest BCUT2D eigenvalue weighted by atomic mass is 10.1. The lowest BCUT2D eigenvalue weighted by Crippen LogP contribution is -2.41. The molecule has 1 aromatic rings. The van der Waals surface area contributed by atoms with Crippen molar-refractivity contribution in [3.8, 4) is 5.88 Å². The zero-order valence-electron chi connectivity index (χ0n) is 11.5. The first-order valence-electron chi connectivity index (χ1n) is 6.01. The number of carbonyl (C=O) groups is 1. The minimum Gasteiger partial charge on any atom is -0.481 e. The Hall–Kier alpha value is -1.67. The minimum absolute atomic E-state index is 0.0489. The van der Waals surface area contributed by atoms with Gasteiger partial charge in [-0.3, -0.25) is 4.79 Å². The van der Waals surface area contributed by atoms with Crippen LogP contribution < -0.4 is 9.46 Å². The number of hydrogen-bond donors (Lipinski definition) is 2. The van der Waals surface area contributed by atoms with E-state index in [4.69, 9.17) is 9.84 Å². The third-order valence-corrected chi connectivity index (χ3v) is 3.99. The molecule has 2 N–H and O–H groups in total. The quantitative estimate of drug-likeness (QED) is 0.774. The van der Waals surface area contributed by atoms with Crippen molar-refractivity contribution in [3.63, 3.8) is 0 Å². The molecule has 0 amide bonds. The number of ether oxygens (including phenoxy) is 1. The Morgan fingerprint density at radius 3 is 2.50 bits per heavy atom. The van der Waals surface area contributed by atoms with Gasteiger partial charge in [-0.15, -0.1) is 0 Å². The highest BCUT2D eigenvalue weighted by molar-refractivity contribution is 7.89. The van der Waals surface area contributed by atoms with Crippen molar-refractivity contribution in [1.82, 2.24) is 9.71 Å². The second-order valence-corrected chi connectivity index (χ2v) is 6.39. The average Bonchev–Trinajstić information content (AvgIpc) is 2.37. The molecule has 0 spiro atoms. The normalized spacial score (nSPS) is 13.2. The van der Waals surface area contributed by atoms with Gasteiger partial charge in [0.1, 0.15) is 10.9 Å². The topological polar surface area (TPSA) is 106 Å². The molecule has 0 aliphatic heterocycles. The average molecular weight is 302 g/mol. The number of sulfonamides is 1. The van der Waals surface area contributed by atoms with Crippen LogP contribution in [0.25, 0.3) is 0 Å². The molecule has 7 nitrogen and oxygen atoms in total. The molecular weight excluding hydrogens is 284 g/mol. The van der Waals surface area contributed by atoms with E-state index >= 15 is 0 Å².